The van der Waals surface area contributed by atoms with Gasteiger partial charge in [0.05, 0.1) is 28.5 Å². The van der Waals surface area contributed by atoms with Gasteiger partial charge in [0.25, 0.3) is 5.91 Å². The van der Waals surface area contributed by atoms with Gasteiger partial charge in [0.1, 0.15) is 0 Å². The lowest BCUT2D eigenvalue weighted by Crippen LogP contribution is -2.36. The minimum absolute atomic E-state index is 0.0349. The van der Waals surface area contributed by atoms with Gasteiger partial charge in [-0.05, 0) is 50.7 Å². The van der Waals surface area contributed by atoms with Crippen LogP contribution in [0.15, 0.2) is 30.5 Å². The lowest BCUT2D eigenvalue weighted by atomic mass is 9.94. The van der Waals surface area contributed by atoms with Crippen molar-refractivity contribution in [2.24, 2.45) is 0 Å². The maximum absolute atomic E-state index is 13.5. The number of pyridine rings is 1. The third-order valence-corrected chi connectivity index (χ3v) is 6.83. The number of rotatable bonds is 5. The van der Waals surface area contributed by atoms with E-state index in [-0.39, 0.29) is 11.9 Å². The summed E-state index contributed by atoms with van der Waals surface area (Å²) >= 11 is 0. The molecule has 2 heterocycles. The number of nitrogens with zero attached hydrogens (tertiary/aromatic N) is 3. The third kappa shape index (κ3) is 3.80. The molecule has 3 aromatic rings. The number of carbonyl (C=O) groups is 1. The van der Waals surface area contributed by atoms with Gasteiger partial charge in [0, 0.05) is 18.6 Å². The molecule has 2 aromatic heterocycles. The van der Waals surface area contributed by atoms with Gasteiger partial charge in [-0.3, -0.25) is 4.79 Å². The van der Waals surface area contributed by atoms with Crippen molar-refractivity contribution in [3.05, 3.63) is 52.8 Å². The summed E-state index contributed by atoms with van der Waals surface area (Å²) in [5.41, 5.74) is 5.86. The van der Waals surface area contributed by atoms with Gasteiger partial charge in [0.15, 0.2) is 5.65 Å². The van der Waals surface area contributed by atoms with E-state index in [4.69, 9.17) is 4.98 Å². The molecule has 0 atom stereocenters. The molecule has 1 aromatic carbocycles. The van der Waals surface area contributed by atoms with Crippen LogP contribution in [0.4, 0.5) is 5.69 Å². The van der Waals surface area contributed by atoms with Gasteiger partial charge < -0.3 is 10.6 Å². The normalized spacial score (nSPS) is 17.1. The molecule has 2 N–H and O–H groups in total. The van der Waals surface area contributed by atoms with E-state index in [0.717, 1.165) is 54.6 Å². The van der Waals surface area contributed by atoms with E-state index in [0.29, 0.717) is 11.6 Å². The zero-order chi connectivity index (χ0) is 21.4. The van der Waals surface area contributed by atoms with Gasteiger partial charge in [-0.2, -0.15) is 5.10 Å². The van der Waals surface area contributed by atoms with E-state index in [9.17, 15) is 4.79 Å². The second-order valence-corrected chi connectivity index (χ2v) is 8.97. The van der Waals surface area contributed by atoms with E-state index in [1.807, 2.05) is 17.8 Å². The van der Waals surface area contributed by atoms with Gasteiger partial charge in [-0.1, -0.05) is 43.5 Å². The Balaban J connectivity index is 1.48. The van der Waals surface area contributed by atoms with Crippen molar-refractivity contribution in [2.45, 2.75) is 77.4 Å². The predicted molar refractivity (Wildman–Crippen MR) is 124 cm³/mol. The summed E-state index contributed by atoms with van der Waals surface area (Å²) in [7, 11) is 0. The van der Waals surface area contributed by atoms with Crippen molar-refractivity contribution in [1.29, 1.82) is 0 Å². The molecule has 0 aliphatic heterocycles. The second-order valence-electron chi connectivity index (χ2n) is 8.97. The molecule has 31 heavy (non-hydrogen) atoms. The number of hydrogen-bond acceptors (Lipinski definition) is 4. The largest absolute Gasteiger partial charge is 0.381 e. The fraction of sp³-hybridized carbons (Fsp3) is 0.480. The molecule has 162 valence electrons. The zero-order valence-corrected chi connectivity index (χ0v) is 18.4. The number of amides is 1. The molecule has 1 amide bonds. The first kappa shape index (κ1) is 20.0. The molecule has 0 unspecified atom stereocenters. The van der Waals surface area contributed by atoms with Crippen LogP contribution in [0.25, 0.3) is 11.0 Å². The molecule has 6 heteroatoms. The Labute approximate surface area is 183 Å². The Morgan fingerprint density at radius 2 is 1.81 bits per heavy atom. The van der Waals surface area contributed by atoms with Crippen LogP contribution in [0.2, 0.25) is 0 Å². The van der Waals surface area contributed by atoms with Crippen molar-refractivity contribution in [3.8, 4) is 0 Å². The summed E-state index contributed by atoms with van der Waals surface area (Å²) in [6.07, 6.45) is 9.69. The van der Waals surface area contributed by atoms with Crippen molar-refractivity contribution >= 4 is 22.6 Å². The highest BCUT2D eigenvalue weighted by atomic mass is 16.1. The number of fused-ring (bicyclic) bond motifs is 2. The highest BCUT2D eigenvalue weighted by Crippen LogP contribution is 2.32. The first-order valence-corrected chi connectivity index (χ1v) is 11.6. The van der Waals surface area contributed by atoms with E-state index >= 15 is 0 Å². The molecule has 0 saturated heterocycles. The molecule has 0 radical (unpaired) electrons. The smallest absolute Gasteiger partial charge is 0.255 e. The molecule has 1 saturated carbocycles. The monoisotopic (exact) mass is 417 g/mol. The Morgan fingerprint density at radius 3 is 2.48 bits per heavy atom. The Morgan fingerprint density at radius 1 is 1.10 bits per heavy atom. The Kier molecular flexibility index (Phi) is 5.38. The quantitative estimate of drug-likeness (QED) is 0.645. The minimum atomic E-state index is -0.0349. The van der Waals surface area contributed by atoms with Gasteiger partial charge >= 0.3 is 0 Å². The van der Waals surface area contributed by atoms with Gasteiger partial charge in [0.2, 0.25) is 0 Å². The number of nitrogens with one attached hydrogen (secondary N) is 2. The lowest BCUT2D eigenvalue weighted by Gasteiger charge is -2.26. The van der Waals surface area contributed by atoms with E-state index in [1.165, 1.54) is 30.4 Å². The van der Waals surface area contributed by atoms with E-state index < -0.39 is 0 Å². The minimum Gasteiger partial charge on any atom is -0.381 e. The van der Waals surface area contributed by atoms with Crippen LogP contribution in [0, 0.1) is 6.92 Å². The summed E-state index contributed by atoms with van der Waals surface area (Å²) in [6, 6.07) is 8.99. The van der Waals surface area contributed by atoms with Gasteiger partial charge in [-0.25, -0.2) is 9.67 Å². The Bertz CT molecular complexity index is 1090. The van der Waals surface area contributed by atoms with E-state index in [2.05, 4.69) is 46.9 Å². The van der Waals surface area contributed by atoms with Crippen molar-refractivity contribution < 1.29 is 4.79 Å². The molecular formula is C25H31N5O. The standard InChI is InChI=1S/C25H31N5O/c1-3-30-24-21(15-26-30)23(28-19-11-5-4-6-12-19)22(16(2)27-24)25(31)29-20-13-17-9-7-8-10-18(17)14-20/h7-10,15,19-20H,3-6,11-14H2,1-2H3,(H,27,28)(H,29,31). The third-order valence-electron chi connectivity index (χ3n) is 6.83. The first-order chi connectivity index (χ1) is 15.1. The van der Waals surface area contributed by atoms with Crippen LogP contribution in [0.3, 0.4) is 0 Å². The van der Waals surface area contributed by atoms with Crippen molar-refractivity contribution in [3.63, 3.8) is 0 Å². The first-order valence-electron chi connectivity index (χ1n) is 11.6. The number of anilines is 1. The number of hydrogen-bond donors (Lipinski definition) is 2. The summed E-state index contributed by atoms with van der Waals surface area (Å²) in [4.78, 5) is 18.3. The number of carbonyl (C=O) groups excluding carboxylic acids is 1. The predicted octanol–water partition coefficient (Wildman–Crippen LogP) is 4.40. The Hall–Kier alpha value is -2.89. The van der Waals surface area contributed by atoms with E-state index in [1.54, 1.807) is 0 Å². The molecule has 2 aliphatic carbocycles. The van der Waals surface area contributed by atoms with Crippen LogP contribution >= 0.6 is 0 Å². The fourth-order valence-corrected chi connectivity index (χ4v) is 5.23. The van der Waals surface area contributed by atoms with Crippen LogP contribution in [0.1, 0.15) is 66.2 Å². The van der Waals surface area contributed by atoms with Gasteiger partial charge in [-0.15, -0.1) is 0 Å². The molecular weight excluding hydrogens is 386 g/mol. The lowest BCUT2D eigenvalue weighted by molar-refractivity contribution is 0.0938. The van der Waals surface area contributed by atoms with Crippen LogP contribution in [-0.4, -0.2) is 32.8 Å². The van der Waals surface area contributed by atoms with Crippen LogP contribution < -0.4 is 10.6 Å². The molecule has 2 aliphatic rings. The number of aromatic nitrogens is 3. The average molecular weight is 418 g/mol. The van der Waals surface area contributed by atoms with Crippen LogP contribution in [0.5, 0.6) is 0 Å². The fourth-order valence-electron chi connectivity index (χ4n) is 5.23. The van der Waals surface area contributed by atoms with Crippen LogP contribution in [-0.2, 0) is 19.4 Å². The molecule has 0 bridgehead atoms. The van der Waals surface area contributed by atoms with Crippen molar-refractivity contribution in [1.82, 2.24) is 20.1 Å². The molecule has 1 fully saturated rings. The SMILES string of the molecule is CCn1ncc2c(NC3CCCCC3)c(C(=O)NC3Cc4ccccc4C3)c(C)nc21. The highest BCUT2D eigenvalue weighted by molar-refractivity contribution is 6.07. The maximum atomic E-state index is 13.5. The number of benzene rings is 1. The summed E-state index contributed by atoms with van der Waals surface area (Å²) in [5, 5.41) is 12.5. The maximum Gasteiger partial charge on any atom is 0.255 e. The van der Waals surface area contributed by atoms with Crippen molar-refractivity contribution in [2.75, 3.05) is 5.32 Å². The highest BCUT2D eigenvalue weighted by Gasteiger charge is 2.28. The summed E-state index contributed by atoms with van der Waals surface area (Å²) in [6.45, 7) is 4.76. The second kappa shape index (κ2) is 8.33. The zero-order valence-electron chi connectivity index (χ0n) is 18.4. The average Bonchev–Trinajstić information content (AvgIpc) is 3.37. The summed E-state index contributed by atoms with van der Waals surface area (Å²) < 4.78 is 1.91. The molecule has 6 nitrogen and oxygen atoms in total. The summed E-state index contributed by atoms with van der Waals surface area (Å²) in [5.74, 6) is -0.0349. The number of aryl methyl sites for hydroxylation is 2. The molecule has 0 spiro atoms. The molecule has 5 rings (SSSR count). The topological polar surface area (TPSA) is 71.8 Å².